The van der Waals surface area contributed by atoms with Crippen molar-refractivity contribution in [1.29, 1.82) is 0 Å². The number of halogens is 1. The smallest absolute Gasteiger partial charge is 0.165 e. The molecule has 0 atom stereocenters. The van der Waals surface area contributed by atoms with Crippen molar-refractivity contribution in [3.63, 3.8) is 0 Å². The number of likely N-dealkylation sites (tertiary alicyclic amines) is 1. The van der Waals surface area contributed by atoms with Crippen LogP contribution in [0.4, 0.5) is 4.39 Å². The maximum atomic E-state index is 13.8. The van der Waals surface area contributed by atoms with Crippen LogP contribution in [0.25, 0.3) is 0 Å². The highest BCUT2D eigenvalue weighted by Crippen LogP contribution is 2.20. The van der Waals surface area contributed by atoms with E-state index in [1.807, 2.05) is 30.2 Å². The van der Waals surface area contributed by atoms with Crippen LogP contribution in [0, 0.1) is 5.82 Å². The maximum absolute atomic E-state index is 13.8. The zero-order valence-corrected chi connectivity index (χ0v) is 14.3. The van der Waals surface area contributed by atoms with E-state index in [0.29, 0.717) is 11.8 Å². The number of methoxy groups -OCH3 is 1. The third kappa shape index (κ3) is 4.33. The predicted octanol–water partition coefficient (Wildman–Crippen LogP) is 2.32. The van der Waals surface area contributed by atoms with Crippen LogP contribution in [0.15, 0.2) is 30.6 Å². The summed E-state index contributed by atoms with van der Waals surface area (Å²) in [4.78, 5) is 2.38. The van der Waals surface area contributed by atoms with Crippen molar-refractivity contribution in [3.05, 3.63) is 47.5 Å². The first-order valence-corrected chi connectivity index (χ1v) is 8.39. The van der Waals surface area contributed by atoms with Crippen LogP contribution in [0.1, 0.15) is 24.0 Å². The van der Waals surface area contributed by atoms with Crippen molar-refractivity contribution in [3.8, 4) is 5.75 Å². The Balaban J connectivity index is 1.44. The van der Waals surface area contributed by atoms with Crippen molar-refractivity contribution in [2.75, 3.05) is 20.2 Å². The zero-order valence-electron chi connectivity index (χ0n) is 14.3. The Bertz CT molecular complexity index is 665. The molecule has 3 rings (SSSR count). The van der Waals surface area contributed by atoms with Crippen LogP contribution in [-0.4, -0.2) is 40.9 Å². The van der Waals surface area contributed by atoms with Gasteiger partial charge >= 0.3 is 0 Å². The minimum Gasteiger partial charge on any atom is -0.494 e. The van der Waals surface area contributed by atoms with E-state index in [1.165, 1.54) is 12.7 Å². The highest BCUT2D eigenvalue weighted by Gasteiger charge is 2.19. The fraction of sp³-hybridized carbons (Fsp3) is 0.500. The standard InChI is InChI=1S/C18H25FN4O/c1-22-12-15(11-21-22)10-20-16-5-7-23(8-6-16)13-14-3-4-18(24-2)17(19)9-14/h3-4,9,11-12,16,20H,5-8,10,13H2,1-2H3. The molecule has 130 valence electrons. The van der Waals surface area contributed by atoms with E-state index in [2.05, 4.69) is 15.3 Å². The molecule has 1 aliphatic heterocycles. The SMILES string of the molecule is COc1ccc(CN2CCC(NCc3cnn(C)c3)CC2)cc1F. The predicted molar refractivity (Wildman–Crippen MR) is 91.3 cm³/mol. The lowest BCUT2D eigenvalue weighted by Gasteiger charge is -2.32. The molecule has 1 saturated heterocycles. The topological polar surface area (TPSA) is 42.3 Å². The molecule has 1 aromatic heterocycles. The Morgan fingerprint density at radius 1 is 1.29 bits per heavy atom. The molecule has 24 heavy (non-hydrogen) atoms. The summed E-state index contributed by atoms with van der Waals surface area (Å²) in [5.74, 6) is 0.0140. The normalized spacial score (nSPS) is 16.5. The zero-order chi connectivity index (χ0) is 16.9. The molecule has 0 radical (unpaired) electrons. The van der Waals surface area contributed by atoms with E-state index in [0.717, 1.165) is 44.6 Å². The number of piperidine rings is 1. The molecule has 1 aromatic carbocycles. The van der Waals surface area contributed by atoms with E-state index in [1.54, 1.807) is 12.1 Å². The van der Waals surface area contributed by atoms with Gasteiger partial charge in [0.15, 0.2) is 11.6 Å². The Morgan fingerprint density at radius 3 is 2.71 bits per heavy atom. The van der Waals surface area contributed by atoms with Gasteiger partial charge in [0, 0.05) is 37.9 Å². The van der Waals surface area contributed by atoms with Crippen LogP contribution in [0.2, 0.25) is 0 Å². The van der Waals surface area contributed by atoms with Gasteiger partial charge in [0.25, 0.3) is 0 Å². The molecule has 0 amide bonds. The quantitative estimate of drug-likeness (QED) is 0.882. The average Bonchev–Trinajstić information content (AvgIpc) is 3.00. The van der Waals surface area contributed by atoms with Gasteiger partial charge in [-0.1, -0.05) is 6.07 Å². The Hall–Kier alpha value is -1.92. The number of rotatable bonds is 6. The van der Waals surface area contributed by atoms with Crippen LogP contribution in [0.5, 0.6) is 5.75 Å². The number of aromatic nitrogens is 2. The molecular weight excluding hydrogens is 307 g/mol. The highest BCUT2D eigenvalue weighted by molar-refractivity contribution is 5.29. The van der Waals surface area contributed by atoms with E-state index < -0.39 is 0 Å². The highest BCUT2D eigenvalue weighted by atomic mass is 19.1. The van der Waals surface area contributed by atoms with Gasteiger partial charge in [-0.2, -0.15) is 5.10 Å². The summed E-state index contributed by atoms with van der Waals surface area (Å²) in [6.07, 6.45) is 6.17. The molecule has 1 fully saturated rings. The van der Waals surface area contributed by atoms with Gasteiger partial charge in [0.1, 0.15) is 0 Å². The number of nitrogens with zero attached hydrogens (tertiary/aromatic N) is 3. The molecule has 2 heterocycles. The second-order valence-electron chi connectivity index (χ2n) is 6.42. The minimum atomic E-state index is -0.289. The number of aryl methyl sites for hydroxylation is 1. The molecular formula is C18H25FN4O. The summed E-state index contributed by atoms with van der Waals surface area (Å²) in [5, 5.41) is 7.79. The first-order valence-electron chi connectivity index (χ1n) is 8.39. The van der Waals surface area contributed by atoms with Gasteiger partial charge in [-0.15, -0.1) is 0 Å². The molecule has 1 N–H and O–H groups in total. The number of ether oxygens (including phenoxy) is 1. The summed E-state index contributed by atoms with van der Waals surface area (Å²) in [6, 6.07) is 5.75. The van der Waals surface area contributed by atoms with Crippen LogP contribution < -0.4 is 10.1 Å². The first kappa shape index (κ1) is 16.9. The van der Waals surface area contributed by atoms with Gasteiger partial charge in [0.05, 0.1) is 13.3 Å². The summed E-state index contributed by atoms with van der Waals surface area (Å²) < 4.78 is 20.6. The fourth-order valence-corrected chi connectivity index (χ4v) is 3.19. The Labute approximate surface area is 142 Å². The van der Waals surface area contributed by atoms with Gasteiger partial charge in [-0.3, -0.25) is 9.58 Å². The van der Waals surface area contributed by atoms with Crippen molar-refractivity contribution < 1.29 is 9.13 Å². The maximum Gasteiger partial charge on any atom is 0.165 e. The van der Waals surface area contributed by atoms with E-state index >= 15 is 0 Å². The van der Waals surface area contributed by atoms with Crippen molar-refractivity contribution >= 4 is 0 Å². The molecule has 1 aliphatic rings. The molecule has 0 aliphatic carbocycles. The second-order valence-corrected chi connectivity index (χ2v) is 6.42. The van der Waals surface area contributed by atoms with Crippen LogP contribution in [0.3, 0.4) is 0 Å². The van der Waals surface area contributed by atoms with Crippen molar-refractivity contribution in [2.45, 2.75) is 32.0 Å². The monoisotopic (exact) mass is 332 g/mol. The summed E-state index contributed by atoms with van der Waals surface area (Å²) >= 11 is 0. The number of benzene rings is 1. The summed E-state index contributed by atoms with van der Waals surface area (Å²) in [6.45, 7) is 3.70. The van der Waals surface area contributed by atoms with E-state index in [-0.39, 0.29) is 5.82 Å². The third-order valence-electron chi connectivity index (χ3n) is 4.56. The van der Waals surface area contributed by atoms with E-state index in [4.69, 9.17) is 4.74 Å². The fourth-order valence-electron chi connectivity index (χ4n) is 3.19. The summed E-state index contributed by atoms with van der Waals surface area (Å²) in [7, 11) is 3.42. The second kappa shape index (κ2) is 7.77. The lowest BCUT2D eigenvalue weighted by Crippen LogP contribution is -2.41. The Morgan fingerprint density at radius 2 is 2.08 bits per heavy atom. The first-order chi connectivity index (χ1) is 11.6. The molecule has 2 aromatic rings. The molecule has 6 heteroatoms. The Kier molecular flexibility index (Phi) is 5.48. The molecule has 0 bridgehead atoms. The minimum absolute atomic E-state index is 0.289. The van der Waals surface area contributed by atoms with Crippen molar-refractivity contribution in [2.24, 2.45) is 7.05 Å². The van der Waals surface area contributed by atoms with Crippen LogP contribution >= 0.6 is 0 Å². The van der Waals surface area contributed by atoms with Gasteiger partial charge in [-0.25, -0.2) is 4.39 Å². The van der Waals surface area contributed by atoms with Gasteiger partial charge in [0.2, 0.25) is 0 Å². The lowest BCUT2D eigenvalue weighted by atomic mass is 10.0. The number of hydrogen-bond acceptors (Lipinski definition) is 4. The van der Waals surface area contributed by atoms with Crippen molar-refractivity contribution in [1.82, 2.24) is 20.0 Å². The van der Waals surface area contributed by atoms with E-state index in [9.17, 15) is 4.39 Å². The average molecular weight is 332 g/mol. The molecule has 0 saturated carbocycles. The molecule has 5 nitrogen and oxygen atoms in total. The molecule has 0 unspecified atom stereocenters. The third-order valence-corrected chi connectivity index (χ3v) is 4.56. The summed E-state index contributed by atoms with van der Waals surface area (Å²) in [5.41, 5.74) is 2.21. The number of hydrogen-bond donors (Lipinski definition) is 1. The molecule has 0 spiro atoms. The van der Waals surface area contributed by atoms with Gasteiger partial charge in [-0.05, 0) is 43.6 Å². The largest absolute Gasteiger partial charge is 0.494 e. The van der Waals surface area contributed by atoms with Crippen LogP contribution in [-0.2, 0) is 20.1 Å². The lowest BCUT2D eigenvalue weighted by molar-refractivity contribution is 0.190. The number of nitrogens with one attached hydrogen (secondary N) is 1. The van der Waals surface area contributed by atoms with Gasteiger partial charge < -0.3 is 10.1 Å².